The van der Waals surface area contributed by atoms with Gasteiger partial charge in [0, 0.05) is 25.6 Å². The first kappa shape index (κ1) is 19.4. The lowest BCUT2D eigenvalue weighted by Gasteiger charge is -2.20. The molecule has 0 saturated heterocycles. The highest BCUT2D eigenvalue weighted by Crippen LogP contribution is 2.49. The standard InChI is InChI=1S/C18H22F3N3O3/c19-18(20,21)14-3-4-15(16(10-14)24(26)27)22-5-6-23-17(25)9-13-8-11-1-2-12(13)7-11/h3-4,10-13,22H,1-2,5-9H2,(H,23,25)/t11-,12-,13-/m1/s1. The van der Waals surface area contributed by atoms with E-state index in [-0.39, 0.29) is 24.7 Å². The molecule has 27 heavy (non-hydrogen) atoms. The monoisotopic (exact) mass is 385 g/mol. The average molecular weight is 385 g/mol. The van der Waals surface area contributed by atoms with Crippen molar-refractivity contribution in [2.24, 2.45) is 17.8 Å². The minimum atomic E-state index is -4.64. The van der Waals surface area contributed by atoms with Gasteiger partial charge in [0.05, 0.1) is 10.5 Å². The Balaban J connectivity index is 1.47. The average Bonchev–Trinajstić information content (AvgIpc) is 3.20. The molecular weight excluding hydrogens is 363 g/mol. The van der Waals surface area contributed by atoms with Crippen molar-refractivity contribution in [1.29, 1.82) is 0 Å². The van der Waals surface area contributed by atoms with E-state index in [0.29, 0.717) is 24.3 Å². The van der Waals surface area contributed by atoms with Crippen molar-refractivity contribution >= 4 is 17.3 Å². The molecule has 0 heterocycles. The van der Waals surface area contributed by atoms with Crippen LogP contribution in [0.15, 0.2) is 18.2 Å². The summed E-state index contributed by atoms with van der Waals surface area (Å²) in [7, 11) is 0. The first-order chi connectivity index (χ1) is 12.7. The molecule has 0 spiro atoms. The van der Waals surface area contributed by atoms with Crippen molar-refractivity contribution in [3.05, 3.63) is 33.9 Å². The van der Waals surface area contributed by atoms with Crippen molar-refractivity contribution in [2.75, 3.05) is 18.4 Å². The van der Waals surface area contributed by atoms with Crippen LogP contribution in [-0.2, 0) is 11.0 Å². The number of carbonyl (C=O) groups excluding carboxylic acids is 1. The zero-order chi connectivity index (χ0) is 19.6. The van der Waals surface area contributed by atoms with Gasteiger partial charge in [0.2, 0.25) is 5.91 Å². The molecule has 2 saturated carbocycles. The van der Waals surface area contributed by atoms with Crippen molar-refractivity contribution < 1.29 is 22.9 Å². The number of fused-ring (bicyclic) bond motifs is 2. The number of carbonyl (C=O) groups is 1. The Hall–Kier alpha value is -2.32. The number of nitro benzene ring substituents is 1. The van der Waals surface area contributed by atoms with E-state index in [1.807, 2.05) is 0 Å². The van der Waals surface area contributed by atoms with Crippen LogP contribution in [0, 0.1) is 27.9 Å². The van der Waals surface area contributed by atoms with Crippen LogP contribution in [0.25, 0.3) is 0 Å². The largest absolute Gasteiger partial charge is 0.416 e. The van der Waals surface area contributed by atoms with Crippen LogP contribution in [0.3, 0.4) is 0 Å². The van der Waals surface area contributed by atoms with E-state index in [9.17, 15) is 28.1 Å². The van der Waals surface area contributed by atoms with Gasteiger partial charge in [0.15, 0.2) is 0 Å². The molecule has 0 radical (unpaired) electrons. The van der Waals surface area contributed by atoms with Crippen LogP contribution in [0.1, 0.15) is 37.7 Å². The van der Waals surface area contributed by atoms with Crippen LogP contribution in [-0.4, -0.2) is 23.9 Å². The molecule has 3 atom stereocenters. The molecule has 1 aromatic rings. The lowest BCUT2D eigenvalue weighted by Crippen LogP contribution is -2.31. The number of hydrogen-bond donors (Lipinski definition) is 2. The van der Waals surface area contributed by atoms with Gasteiger partial charge in [-0.05, 0) is 49.1 Å². The topological polar surface area (TPSA) is 84.3 Å². The number of alkyl halides is 3. The summed E-state index contributed by atoms with van der Waals surface area (Å²) < 4.78 is 38.1. The van der Waals surface area contributed by atoms with Gasteiger partial charge in [-0.2, -0.15) is 13.2 Å². The summed E-state index contributed by atoms with van der Waals surface area (Å²) in [6.07, 6.45) is 0.699. The third-order valence-electron chi connectivity index (χ3n) is 5.62. The molecule has 2 aliphatic carbocycles. The van der Waals surface area contributed by atoms with Gasteiger partial charge >= 0.3 is 6.18 Å². The second kappa shape index (κ2) is 7.74. The number of halogens is 3. The quantitative estimate of drug-likeness (QED) is 0.423. The Bertz CT molecular complexity index is 724. The van der Waals surface area contributed by atoms with Crippen molar-refractivity contribution in [2.45, 2.75) is 38.3 Å². The van der Waals surface area contributed by atoms with E-state index in [0.717, 1.165) is 24.5 Å². The minimum absolute atomic E-state index is 0.00430. The second-order valence-electron chi connectivity index (χ2n) is 7.40. The van der Waals surface area contributed by atoms with Crippen LogP contribution >= 0.6 is 0 Å². The Kier molecular flexibility index (Phi) is 5.57. The third kappa shape index (κ3) is 4.70. The lowest BCUT2D eigenvalue weighted by atomic mass is 9.86. The summed E-state index contributed by atoms with van der Waals surface area (Å²) >= 11 is 0. The molecule has 9 heteroatoms. The number of hydrogen-bond acceptors (Lipinski definition) is 4. The molecule has 148 valence electrons. The third-order valence-corrected chi connectivity index (χ3v) is 5.62. The Morgan fingerprint density at radius 1 is 1.22 bits per heavy atom. The fourth-order valence-electron chi connectivity index (χ4n) is 4.34. The van der Waals surface area contributed by atoms with Crippen molar-refractivity contribution in [1.82, 2.24) is 5.32 Å². The highest BCUT2D eigenvalue weighted by molar-refractivity contribution is 5.76. The number of rotatable bonds is 7. The van der Waals surface area contributed by atoms with Crippen LogP contribution in [0.4, 0.5) is 24.5 Å². The first-order valence-electron chi connectivity index (χ1n) is 9.10. The first-order valence-corrected chi connectivity index (χ1v) is 9.10. The zero-order valence-corrected chi connectivity index (χ0v) is 14.7. The van der Waals surface area contributed by atoms with Gasteiger partial charge in [-0.25, -0.2) is 0 Å². The molecule has 3 rings (SSSR count). The van der Waals surface area contributed by atoms with Gasteiger partial charge in [-0.15, -0.1) is 0 Å². The van der Waals surface area contributed by atoms with Gasteiger partial charge in [0.25, 0.3) is 5.69 Å². The second-order valence-corrected chi connectivity index (χ2v) is 7.40. The van der Waals surface area contributed by atoms with Gasteiger partial charge in [-0.1, -0.05) is 6.42 Å². The fourth-order valence-corrected chi connectivity index (χ4v) is 4.34. The molecule has 2 aliphatic rings. The Morgan fingerprint density at radius 2 is 2.00 bits per heavy atom. The Morgan fingerprint density at radius 3 is 2.59 bits per heavy atom. The number of nitro groups is 1. The Labute approximate surface area is 154 Å². The molecule has 0 aromatic heterocycles. The molecule has 1 amide bonds. The molecule has 0 unspecified atom stereocenters. The van der Waals surface area contributed by atoms with Gasteiger partial charge in [0.1, 0.15) is 5.69 Å². The van der Waals surface area contributed by atoms with Gasteiger partial charge in [-0.3, -0.25) is 14.9 Å². The summed E-state index contributed by atoms with van der Waals surface area (Å²) in [5.41, 5.74) is -1.72. The molecule has 2 fully saturated rings. The fraction of sp³-hybridized carbons (Fsp3) is 0.611. The SMILES string of the molecule is O=C(C[C@H]1C[C@@H]2CC[C@@H]1C2)NCCNc1ccc(C(F)(F)F)cc1[N+](=O)[O-]. The summed E-state index contributed by atoms with van der Waals surface area (Å²) in [5, 5.41) is 16.5. The van der Waals surface area contributed by atoms with E-state index < -0.39 is 22.4 Å². The smallest absolute Gasteiger partial charge is 0.378 e. The van der Waals surface area contributed by atoms with E-state index in [4.69, 9.17) is 0 Å². The van der Waals surface area contributed by atoms with Crippen molar-refractivity contribution in [3.8, 4) is 0 Å². The van der Waals surface area contributed by atoms with E-state index >= 15 is 0 Å². The number of benzene rings is 1. The van der Waals surface area contributed by atoms with Crippen molar-refractivity contribution in [3.63, 3.8) is 0 Å². The number of amides is 1. The molecule has 1 aromatic carbocycles. The molecule has 2 bridgehead atoms. The predicted molar refractivity (Wildman–Crippen MR) is 93.2 cm³/mol. The maximum Gasteiger partial charge on any atom is 0.416 e. The van der Waals surface area contributed by atoms with Crippen LogP contribution in [0.5, 0.6) is 0 Å². The molecular formula is C18H22F3N3O3. The van der Waals surface area contributed by atoms with E-state index in [1.165, 1.54) is 19.3 Å². The highest BCUT2D eigenvalue weighted by atomic mass is 19.4. The number of anilines is 1. The number of nitrogens with one attached hydrogen (secondary N) is 2. The number of nitrogens with zero attached hydrogens (tertiary/aromatic N) is 1. The summed E-state index contributed by atoms with van der Waals surface area (Å²) in [6, 6.07) is 2.34. The molecule has 0 aliphatic heterocycles. The van der Waals surface area contributed by atoms with E-state index in [1.54, 1.807) is 0 Å². The summed E-state index contributed by atoms with van der Waals surface area (Å²) in [4.78, 5) is 22.2. The maximum atomic E-state index is 12.7. The van der Waals surface area contributed by atoms with Crippen LogP contribution in [0.2, 0.25) is 0 Å². The van der Waals surface area contributed by atoms with Crippen LogP contribution < -0.4 is 10.6 Å². The predicted octanol–water partition coefficient (Wildman–Crippen LogP) is 3.97. The minimum Gasteiger partial charge on any atom is -0.378 e. The maximum absolute atomic E-state index is 12.7. The zero-order valence-electron chi connectivity index (χ0n) is 14.7. The summed E-state index contributed by atoms with van der Waals surface area (Å²) in [6.45, 7) is 0.437. The molecule has 6 nitrogen and oxygen atoms in total. The van der Waals surface area contributed by atoms with E-state index in [2.05, 4.69) is 10.6 Å². The normalized spacial score (nSPS) is 24.0. The van der Waals surface area contributed by atoms with Gasteiger partial charge < -0.3 is 10.6 Å². The highest BCUT2D eigenvalue weighted by Gasteiger charge is 2.40. The lowest BCUT2D eigenvalue weighted by molar-refractivity contribution is -0.384. The summed E-state index contributed by atoms with van der Waals surface area (Å²) in [5.74, 6) is 1.84. The molecule has 2 N–H and O–H groups in total.